The van der Waals surface area contributed by atoms with Crippen LogP contribution in [0.25, 0.3) is 11.0 Å². The first-order chi connectivity index (χ1) is 9.20. The van der Waals surface area contributed by atoms with Gasteiger partial charge in [0, 0.05) is 17.4 Å². The van der Waals surface area contributed by atoms with Crippen LogP contribution in [0.2, 0.25) is 5.22 Å². The molecule has 2 N–H and O–H groups in total. The van der Waals surface area contributed by atoms with Gasteiger partial charge in [-0.3, -0.25) is 0 Å². The fourth-order valence-electron chi connectivity index (χ4n) is 2.36. The van der Waals surface area contributed by atoms with Gasteiger partial charge in [-0.05, 0) is 29.8 Å². The summed E-state index contributed by atoms with van der Waals surface area (Å²) in [5.41, 5.74) is 8.13. The zero-order valence-corrected chi connectivity index (χ0v) is 11.3. The minimum Gasteiger partial charge on any atom is -0.461 e. The SMILES string of the molecule is CCc1oc2ccccc2c1C(N)c1ccc(Cl)o1. The van der Waals surface area contributed by atoms with Crippen LogP contribution in [0.5, 0.6) is 0 Å². The molecule has 0 fully saturated rings. The Morgan fingerprint density at radius 1 is 1.16 bits per heavy atom. The van der Waals surface area contributed by atoms with E-state index >= 15 is 0 Å². The molecule has 0 radical (unpaired) electrons. The standard InChI is InChI=1S/C15H14ClNO2/c1-2-10-14(9-5-3-4-6-11(9)18-10)15(17)12-7-8-13(16)19-12/h3-8,15H,2,17H2,1H3. The third-order valence-electron chi connectivity index (χ3n) is 3.24. The monoisotopic (exact) mass is 275 g/mol. The Hall–Kier alpha value is -1.71. The number of furan rings is 2. The average Bonchev–Trinajstić information content (AvgIpc) is 3.01. The summed E-state index contributed by atoms with van der Waals surface area (Å²) in [6.45, 7) is 2.04. The third kappa shape index (κ3) is 2.05. The van der Waals surface area contributed by atoms with Crippen molar-refractivity contribution in [2.75, 3.05) is 0 Å². The summed E-state index contributed by atoms with van der Waals surface area (Å²) >= 11 is 5.81. The summed E-state index contributed by atoms with van der Waals surface area (Å²) in [7, 11) is 0. The van der Waals surface area contributed by atoms with E-state index in [1.165, 1.54) is 0 Å². The highest BCUT2D eigenvalue weighted by Gasteiger charge is 2.22. The minimum atomic E-state index is -0.369. The van der Waals surface area contributed by atoms with Crippen LogP contribution in [-0.4, -0.2) is 0 Å². The molecule has 0 amide bonds. The maximum atomic E-state index is 6.30. The summed E-state index contributed by atoms with van der Waals surface area (Å²) in [4.78, 5) is 0. The Kier molecular flexibility index (Phi) is 3.09. The van der Waals surface area contributed by atoms with E-state index < -0.39 is 0 Å². The Labute approximate surface area is 115 Å². The molecule has 0 aliphatic rings. The minimum absolute atomic E-state index is 0.344. The van der Waals surface area contributed by atoms with Crippen LogP contribution in [0.1, 0.15) is 30.0 Å². The number of benzene rings is 1. The van der Waals surface area contributed by atoms with Crippen molar-refractivity contribution >= 4 is 22.6 Å². The predicted molar refractivity (Wildman–Crippen MR) is 75.3 cm³/mol. The van der Waals surface area contributed by atoms with Crippen LogP contribution in [0, 0.1) is 0 Å². The van der Waals surface area contributed by atoms with Gasteiger partial charge in [0.1, 0.15) is 17.1 Å². The highest BCUT2D eigenvalue weighted by Crippen LogP contribution is 2.34. The molecule has 2 heterocycles. The van der Waals surface area contributed by atoms with E-state index in [0.717, 1.165) is 28.7 Å². The van der Waals surface area contributed by atoms with Crippen LogP contribution in [-0.2, 0) is 6.42 Å². The molecule has 3 nitrogen and oxygen atoms in total. The number of hydrogen-bond acceptors (Lipinski definition) is 3. The highest BCUT2D eigenvalue weighted by atomic mass is 35.5. The van der Waals surface area contributed by atoms with Gasteiger partial charge in [0.25, 0.3) is 0 Å². The summed E-state index contributed by atoms with van der Waals surface area (Å²) < 4.78 is 11.3. The van der Waals surface area contributed by atoms with Gasteiger partial charge in [0.05, 0.1) is 6.04 Å². The van der Waals surface area contributed by atoms with Crippen molar-refractivity contribution in [3.05, 3.63) is 58.7 Å². The lowest BCUT2D eigenvalue weighted by Crippen LogP contribution is -2.12. The molecular weight excluding hydrogens is 262 g/mol. The van der Waals surface area contributed by atoms with Crippen molar-refractivity contribution in [2.45, 2.75) is 19.4 Å². The second kappa shape index (κ2) is 4.76. The molecule has 0 bridgehead atoms. The maximum Gasteiger partial charge on any atom is 0.193 e. The summed E-state index contributed by atoms with van der Waals surface area (Å²) in [6.07, 6.45) is 0.784. The number of para-hydroxylation sites is 1. The van der Waals surface area contributed by atoms with Crippen molar-refractivity contribution in [1.82, 2.24) is 0 Å². The van der Waals surface area contributed by atoms with E-state index in [1.54, 1.807) is 12.1 Å². The second-order valence-corrected chi connectivity index (χ2v) is 4.78. The first-order valence-corrected chi connectivity index (χ1v) is 6.59. The molecule has 1 aromatic carbocycles. The quantitative estimate of drug-likeness (QED) is 0.776. The summed E-state index contributed by atoms with van der Waals surface area (Å²) in [5.74, 6) is 1.53. The zero-order chi connectivity index (χ0) is 13.4. The molecule has 0 aliphatic carbocycles. The molecule has 98 valence electrons. The molecule has 0 spiro atoms. The van der Waals surface area contributed by atoms with E-state index in [1.807, 2.05) is 31.2 Å². The topological polar surface area (TPSA) is 52.3 Å². The molecule has 3 rings (SSSR count). The van der Waals surface area contributed by atoms with Crippen LogP contribution in [0.3, 0.4) is 0 Å². The lowest BCUT2D eigenvalue weighted by atomic mass is 10.0. The van der Waals surface area contributed by atoms with Crippen LogP contribution < -0.4 is 5.73 Å². The Morgan fingerprint density at radius 3 is 2.63 bits per heavy atom. The largest absolute Gasteiger partial charge is 0.461 e. The predicted octanol–water partition coefficient (Wildman–Crippen LogP) is 4.29. The molecule has 0 aliphatic heterocycles. The molecule has 3 aromatic rings. The van der Waals surface area contributed by atoms with Crippen molar-refractivity contribution in [3.63, 3.8) is 0 Å². The van der Waals surface area contributed by atoms with Crippen molar-refractivity contribution < 1.29 is 8.83 Å². The maximum absolute atomic E-state index is 6.30. The first kappa shape index (κ1) is 12.3. The van der Waals surface area contributed by atoms with E-state index in [-0.39, 0.29) is 6.04 Å². The van der Waals surface area contributed by atoms with E-state index in [9.17, 15) is 0 Å². The van der Waals surface area contributed by atoms with Crippen molar-refractivity contribution in [2.24, 2.45) is 5.73 Å². The van der Waals surface area contributed by atoms with Gasteiger partial charge in [-0.25, -0.2) is 0 Å². The second-order valence-electron chi connectivity index (χ2n) is 4.41. The Balaban J connectivity index is 2.17. The van der Waals surface area contributed by atoms with E-state index in [2.05, 4.69) is 0 Å². The van der Waals surface area contributed by atoms with Crippen molar-refractivity contribution in [1.29, 1.82) is 0 Å². The lowest BCUT2D eigenvalue weighted by Gasteiger charge is -2.09. The first-order valence-electron chi connectivity index (χ1n) is 6.21. The number of halogens is 1. The van der Waals surface area contributed by atoms with Gasteiger partial charge in [0.2, 0.25) is 0 Å². The van der Waals surface area contributed by atoms with Gasteiger partial charge in [0.15, 0.2) is 5.22 Å². The number of nitrogens with two attached hydrogens (primary N) is 1. The van der Waals surface area contributed by atoms with Crippen LogP contribution in [0.4, 0.5) is 0 Å². The average molecular weight is 276 g/mol. The van der Waals surface area contributed by atoms with Gasteiger partial charge >= 0.3 is 0 Å². The van der Waals surface area contributed by atoms with Crippen molar-refractivity contribution in [3.8, 4) is 0 Å². The normalized spacial score (nSPS) is 13.0. The third-order valence-corrected chi connectivity index (χ3v) is 3.45. The van der Waals surface area contributed by atoms with Gasteiger partial charge in [-0.1, -0.05) is 25.1 Å². The molecular formula is C15H14ClNO2. The highest BCUT2D eigenvalue weighted by molar-refractivity contribution is 6.28. The molecule has 1 atom stereocenters. The summed E-state index contributed by atoms with van der Waals surface area (Å²) in [5, 5.41) is 1.37. The molecule has 0 saturated heterocycles. The number of rotatable bonds is 3. The molecule has 4 heteroatoms. The fourth-order valence-corrected chi connectivity index (χ4v) is 2.51. The Bertz CT molecular complexity index is 714. The zero-order valence-electron chi connectivity index (χ0n) is 10.5. The number of hydrogen-bond donors (Lipinski definition) is 1. The number of fused-ring (bicyclic) bond motifs is 1. The van der Waals surface area contributed by atoms with Crippen LogP contribution >= 0.6 is 11.6 Å². The van der Waals surface area contributed by atoms with Gasteiger partial charge in [-0.2, -0.15) is 0 Å². The smallest absolute Gasteiger partial charge is 0.193 e. The van der Waals surface area contributed by atoms with Gasteiger partial charge < -0.3 is 14.6 Å². The number of aryl methyl sites for hydroxylation is 1. The Morgan fingerprint density at radius 2 is 1.95 bits per heavy atom. The lowest BCUT2D eigenvalue weighted by molar-refractivity contribution is 0.483. The van der Waals surface area contributed by atoms with Gasteiger partial charge in [-0.15, -0.1) is 0 Å². The van der Waals surface area contributed by atoms with Crippen LogP contribution in [0.15, 0.2) is 45.2 Å². The molecule has 19 heavy (non-hydrogen) atoms. The molecule has 0 saturated carbocycles. The fraction of sp³-hybridized carbons (Fsp3) is 0.200. The molecule has 1 unspecified atom stereocenters. The summed E-state index contributed by atoms with van der Waals surface area (Å²) in [6, 6.07) is 11.0. The van der Waals surface area contributed by atoms with E-state index in [0.29, 0.717) is 11.0 Å². The molecule has 2 aromatic heterocycles. The van der Waals surface area contributed by atoms with E-state index in [4.69, 9.17) is 26.2 Å².